The van der Waals surface area contributed by atoms with Gasteiger partial charge in [0.15, 0.2) is 0 Å². The number of hydrogen-bond acceptors (Lipinski definition) is 3. The van der Waals surface area contributed by atoms with Crippen LogP contribution >= 0.6 is 0 Å². The lowest BCUT2D eigenvalue weighted by Gasteiger charge is -2.27. The van der Waals surface area contributed by atoms with Gasteiger partial charge in [-0.05, 0) is 53.9 Å². The van der Waals surface area contributed by atoms with Crippen molar-refractivity contribution in [3.05, 3.63) is 72.6 Å². The SMILES string of the molecule is CC(C)[C@H](C)C(=O)N1CCC[C@H]1c1ncc(-c2ccc(-c3ccc(-c4cnc(C5CCCC5)[nH]4)cc3)cc2)[nH]1. The smallest absolute Gasteiger partial charge is 0.226 e. The zero-order chi connectivity index (χ0) is 26.9. The van der Waals surface area contributed by atoms with Crippen molar-refractivity contribution in [3.63, 3.8) is 0 Å². The van der Waals surface area contributed by atoms with Gasteiger partial charge in [-0.15, -0.1) is 0 Å². The monoisotopic (exact) mass is 521 g/mol. The van der Waals surface area contributed by atoms with Gasteiger partial charge in [0.2, 0.25) is 5.91 Å². The van der Waals surface area contributed by atoms with Gasteiger partial charge in [0.05, 0.1) is 29.8 Å². The summed E-state index contributed by atoms with van der Waals surface area (Å²) in [5, 5.41) is 0. The molecule has 6 heteroatoms. The fourth-order valence-electron chi connectivity index (χ4n) is 6.09. The first-order valence-electron chi connectivity index (χ1n) is 14.6. The van der Waals surface area contributed by atoms with Crippen molar-refractivity contribution in [2.75, 3.05) is 6.54 Å². The van der Waals surface area contributed by atoms with Gasteiger partial charge in [-0.3, -0.25) is 4.79 Å². The molecule has 4 aromatic rings. The van der Waals surface area contributed by atoms with Gasteiger partial charge in [0.25, 0.3) is 0 Å². The largest absolute Gasteiger partial charge is 0.342 e. The summed E-state index contributed by atoms with van der Waals surface area (Å²) in [6, 6.07) is 17.3. The van der Waals surface area contributed by atoms with E-state index in [1.54, 1.807) is 0 Å². The average Bonchev–Trinajstić information content (AvgIpc) is 3.78. The highest BCUT2D eigenvalue weighted by atomic mass is 16.2. The second-order valence-electron chi connectivity index (χ2n) is 11.7. The molecule has 2 N–H and O–H groups in total. The van der Waals surface area contributed by atoms with E-state index in [2.05, 4.69) is 77.3 Å². The zero-order valence-electron chi connectivity index (χ0n) is 23.3. The van der Waals surface area contributed by atoms with Crippen LogP contribution in [0.25, 0.3) is 33.6 Å². The molecule has 0 radical (unpaired) electrons. The average molecular weight is 522 g/mol. The Labute approximate surface area is 231 Å². The second-order valence-corrected chi connectivity index (χ2v) is 11.7. The van der Waals surface area contributed by atoms with Crippen molar-refractivity contribution >= 4 is 5.91 Å². The number of aromatic amines is 2. The van der Waals surface area contributed by atoms with Crippen LogP contribution in [0.2, 0.25) is 0 Å². The molecule has 39 heavy (non-hydrogen) atoms. The first kappa shape index (κ1) is 25.6. The highest BCUT2D eigenvalue weighted by Gasteiger charge is 2.34. The van der Waals surface area contributed by atoms with Crippen LogP contribution in [0.3, 0.4) is 0 Å². The van der Waals surface area contributed by atoms with E-state index in [1.165, 1.54) is 42.4 Å². The Morgan fingerprint density at radius 1 is 0.744 bits per heavy atom. The molecule has 202 valence electrons. The molecule has 2 aliphatic rings. The molecule has 2 aromatic heterocycles. The quantitative estimate of drug-likeness (QED) is 0.261. The topological polar surface area (TPSA) is 77.7 Å². The number of nitrogens with zero attached hydrogens (tertiary/aromatic N) is 3. The molecular formula is C33H39N5O. The lowest BCUT2D eigenvalue weighted by molar-refractivity contribution is -0.137. The van der Waals surface area contributed by atoms with Crippen LogP contribution in [-0.4, -0.2) is 37.3 Å². The number of rotatable bonds is 7. The van der Waals surface area contributed by atoms with Crippen LogP contribution in [0.1, 0.15) is 82.9 Å². The summed E-state index contributed by atoms with van der Waals surface area (Å²) in [6.45, 7) is 7.08. The fourth-order valence-corrected chi connectivity index (χ4v) is 6.09. The maximum absolute atomic E-state index is 13.1. The first-order valence-corrected chi connectivity index (χ1v) is 14.6. The van der Waals surface area contributed by atoms with Crippen molar-refractivity contribution in [2.45, 2.75) is 71.3 Å². The summed E-state index contributed by atoms with van der Waals surface area (Å²) in [7, 11) is 0. The summed E-state index contributed by atoms with van der Waals surface area (Å²) in [6.07, 6.45) is 11.0. The van der Waals surface area contributed by atoms with Gasteiger partial charge in [0.1, 0.15) is 11.6 Å². The van der Waals surface area contributed by atoms with E-state index in [1.807, 2.05) is 24.2 Å². The van der Waals surface area contributed by atoms with Gasteiger partial charge in [-0.25, -0.2) is 9.97 Å². The number of benzene rings is 2. The van der Waals surface area contributed by atoms with Gasteiger partial charge < -0.3 is 14.9 Å². The van der Waals surface area contributed by atoms with Crippen molar-refractivity contribution in [2.24, 2.45) is 11.8 Å². The number of hydrogen-bond donors (Lipinski definition) is 2. The van der Waals surface area contributed by atoms with E-state index in [4.69, 9.17) is 4.98 Å². The fraction of sp³-hybridized carbons (Fsp3) is 0.424. The van der Waals surface area contributed by atoms with Crippen molar-refractivity contribution in [3.8, 4) is 33.6 Å². The molecule has 3 heterocycles. The van der Waals surface area contributed by atoms with E-state index in [-0.39, 0.29) is 17.9 Å². The van der Waals surface area contributed by atoms with E-state index in [0.717, 1.165) is 48.0 Å². The van der Waals surface area contributed by atoms with Crippen molar-refractivity contribution in [1.82, 2.24) is 24.8 Å². The number of likely N-dealkylation sites (tertiary alicyclic amines) is 1. The first-order chi connectivity index (χ1) is 19.0. The molecule has 6 nitrogen and oxygen atoms in total. The number of H-pyrrole nitrogens is 2. The minimum Gasteiger partial charge on any atom is -0.342 e. The minimum atomic E-state index is 0.0236. The maximum Gasteiger partial charge on any atom is 0.226 e. The summed E-state index contributed by atoms with van der Waals surface area (Å²) in [4.78, 5) is 31.5. The van der Waals surface area contributed by atoms with Gasteiger partial charge in [0, 0.05) is 18.4 Å². The van der Waals surface area contributed by atoms with Gasteiger partial charge in [-0.2, -0.15) is 0 Å². The number of imidazole rings is 2. The third kappa shape index (κ3) is 5.17. The van der Waals surface area contributed by atoms with Crippen LogP contribution in [0, 0.1) is 11.8 Å². The number of carbonyl (C=O) groups is 1. The summed E-state index contributed by atoms with van der Waals surface area (Å²) in [5.74, 6) is 3.22. The summed E-state index contributed by atoms with van der Waals surface area (Å²) < 4.78 is 0. The summed E-state index contributed by atoms with van der Waals surface area (Å²) >= 11 is 0. The molecule has 1 saturated heterocycles. The Hall–Kier alpha value is -3.67. The van der Waals surface area contributed by atoms with Gasteiger partial charge in [-0.1, -0.05) is 82.1 Å². The van der Waals surface area contributed by atoms with Crippen LogP contribution in [0.5, 0.6) is 0 Å². The molecule has 1 aliphatic carbocycles. The lowest BCUT2D eigenvalue weighted by Crippen LogP contribution is -2.36. The Kier molecular flexibility index (Phi) is 7.11. The molecule has 0 spiro atoms. The van der Waals surface area contributed by atoms with Gasteiger partial charge >= 0.3 is 0 Å². The Bertz CT molecular complexity index is 1410. The molecule has 2 aromatic carbocycles. The molecule has 1 aliphatic heterocycles. The number of aromatic nitrogens is 4. The maximum atomic E-state index is 13.1. The number of amides is 1. The lowest BCUT2D eigenvalue weighted by atomic mass is 9.96. The van der Waals surface area contributed by atoms with Crippen LogP contribution in [0.15, 0.2) is 60.9 Å². The molecule has 1 amide bonds. The van der Waals surface area contributed by atoms with Crippen molar-refractivity contribution in [1.29, 1.82) is 0 Å². The molecule has 0 bridgehead atoms. The molecule has 1 saturated carbocycles. The molecule has 2 atom stereocenters. The predicted molar refractivity (Wildman–Crippen MR) is 156 cm³/mol. The molecular weight excluding hydrogens is 482 g/mol. The Morgan fingerprint density at radius 2 is 1.26 bits per heavy atom. The van der Waals surface area contributed by atoms with E-state index in [0.29, 0.717) is 11.8 Å². The molecule has 6 rings (SSSR count). The molecule has 2 fully saturated rings. The standard InChI is InChI=1S/C33H39N5O/c1-21(2)22(3)33(39)38-18-6-9-30(38)32-35-20-29(37-32)26-16-12-24(13-17-26)23-10-14-25(15-11-23)28-19-34-31(36-28)27-7-4-5-8-27/h10-17,19-22,27,30H,4-9,18H2,1-3H3,(H,34,36)(H,35,37)/t22-,30-/m0/s1. The normalized spacial score (nSPS) is 18.8. The highest BCUT2D eigenvalue weighted by Crippen LogP contribution is 2.35. The van der Waals surface area contributed by atoms with Crippen molar-refractivity contribution < 1.29 is 4.79 Å². The van der Waals surface area contributed by atoms with Crippen LogP contribution < -0.4 is 0 Å². The third-order valence-corrected chi connectivity index (χ3v) is 8.90. The minimum absolute atomic E-state index is 0.0236. The Balaban J connectivity index is 1.14. The van der Waals surface area contributed by atoms with Crippen LogP contribution in [0.4, 0.5) is 0 Å². The number of nitrogens with one attached hydrogen (secondary N) is 2. The highest BCUT2D eigenvalue weighted by molar-refractivity contribution is 5.79. The predicted octanol–water partition coefficient (Wildman–Crippen LogP) is 7.75. The summed E-state index contributed by atoms with van der Waals surface area (Å²) in [5.41, 5.74) is 6.70. The third-order valence-electron chi connectivity index (χ3n) is 8.90. The van der Waals surface area contributed by atoms with Crippen LogP contribution in [-0.2, 0) is 4.79 Å². The van der Waals surface area contributed by atoms with E-state index >= 15 is 0 Å². The zero-order valence-corrected chi connectivity index (χ0v) is 23.3. The second kappa shape index (κ2) is 10.8. The van der Waals surface area contributed by atoms with E-state index in [9.17, 15) is 4.79 Å². The van der Waals surface area contributed by atoms with E-state index < -0.39 is 0 Å². The molecule has 0 unspecified atom stereocenters. The number of carbonyl (C=O) groups excluding carboxylic acids is 1. The Morgan fingerprint density at radius 3 is 1.82 bits per heavy atom.